The minimum Gasteiger partial charge on any atom is -0.506 e. The minimum absolute atomic E-state index is 0.00408. The van der Waals surface area contributed by atoms with Gasteiger partial charge >= 0.3 is 0 Å². The zero-order valence-corrected chi connectivity index (χ0v) is 15.3. The van der Waals surface area contributed by atoms with Crippen molar-refractivity contribution < 1.29 is 14.6 Å². The van der Waals surface area contributed by atoms with Crippen molar-refractivity contribution in [3.8, 4) is 22.9 Å². The number of hydrogen-bond acceptors (Lipinski definition) is 5. The molecule has 0 bridgehead atoms. The molecular formula is C23H16N2O4. The van der Waals surface area contributed by atoms with E-state index in [9.17, 15) is 9.90 Å². The number of phenols is 1. The summed E-state index contributed by atoms with van der Waals surface area (Å²) in [5.74, 6) is 1.80. The fraction of sp³-hybridized carbons (Fsp3) is 0.0435. The molecule has 0 spiro atoms. The Kier molecular flexibility index (Phi) is 4.02. The molecule has 0 fully saturated rings. The van der Waals surface area contributed by atoms with Gasteiger partial charge in [-0.25, -0.2) is 4.98 Å². The third-order valence-electron chi connectivity index (χ3n) is 4.75. The third kappa shape index (κ3) is 3.00. The molecule has 1 aliphatic heterocycles. The zero-order valence-electron chi connectivity index (χ0n) is 15.3. The largest absolute Gasteiger partial charge is 0.506 e. The normalized spacial score (nSPS) is 12.7. The number of phenolic OH excluding ortho intramolecular Hbond substituents is 1. The third-order valence-corrected chi connectivity index (χ3v) is 4.75. The minimum atomic E-state index is -0.248. The molecule has 6 heteroatoms. The first-order valence-corrected chi connectivity index (χ1v) is 9.08. The molecule has 142 valence electrons. The summed E-state index contributed by atoms with van der Waals surface area (Å²) >= 11 is 0. The number of nitrogens with zero attached hydrogens (tertiary/aromatic N) is 2. The summed E-state index contributed by atoms with van der Waals surface area (Å²) in [4.78, 5) is 17.9. The molecule has 0 amide bonds. The van der Waals surface area contributed by atoms with Crippen LogP contribution in [0, 0.1) is 0 Å². The van der Waals surface area contributed by atoms with Crippen LogP contribution in [0.5, 0.6) is 17.2 Å². The van der Waals surface area contributed by atoms with Crippen molar-refractivity contribution in [3.05, 3.63) is 88.5 Å². The van der Waals surface area contributed by atoms with Gasteiger partial charge in [0, 0.05) is 0 Å². The van der Waals surface area contributed by atoms with Crippen LogP contribution in [0.25, 0.3) is 28.7 Å². The predicted octanol–water partition coefficient (Wildman–Crippen LogP) is 3.99. The molecule has 1 N–H and O–H groups in total. The van der Waals surface area contributed by atoms with E-state index in [0.717, 1.165) is 5.56 Å². The van der Waals surface area contributed by atoms with Crippen LogP contribution in [-0.2, 0) is 0 Å². The van der Waals surface area contributed by atoms with E-state index >= 15 is 0 Å². The summed E-state index contributed by atoms with van der Waals surface area (Å²) in [6.07, 6.45) is 3.59. The highest BCUT2D eigenvalue weighted by atomic mass is 16.7. The maximum atomic E-state index is 13.2. The summed E-state index contributed by atoms with van der Waals surface area (Å²) in [7, 11) is 0. The van der Waals surface area contributed by atoms with E-state index < -0.39 is 0 Å². The molecule has 29 heavy (non-hydrogen) atoms. The Morgan fingerprint density at radius 2 is 1.72 bits per heavy atom. The van der Waals surface area contributed by atoms with Crippen LogP contribution in [0.4, 0.5) is 0 Å². The number of aromatic nitrogens is 2. The van der Waals surface area contributed by atoms with Crippen LogP contribution in [0.2, 0.25) is 0 Å². The summed E-state index contributed by atoms with van der Waals surface area (Å²) < 4.78 is 12.2. The first-order chi connectivity index (χ1) is 14.2. The molecule has 1 aromatic heterocycles. The van der Waals surface area contributed by atoms with Gasteiger partial charge in [-0.2, -0.15) is 0 Å². The average Bonchev–Trinajstić information content (AvgIpc) is 3.21. The molecule has 0 unspecified atom stereocenters. The first kappa shape index (κ1) is 17.1. The fourth-order valence-electron chi connectivity index (χ4n) is 3.34. The Morgan fingerprint density at radius 3 is 2.62 bits per heavy atom. The molecule has 0 radical (unpaired) electrons. The summed E-state index contributed by atoms with van der Waals surface area (Å²) in [6, 6.07) is 19.5. The maximum Gasteiger partial charge on any atom is 0.266 e. The number of hydrogen-bond donors (Lipinski definition) is 1. The molecular weight excluding hydrogens is 368 g/mol. The van der Waals surface area contributed by atoms with Gasteiger partial charge in [0.25, 0.3) is 5.56 Å². The lowest BCUT2D eigenvalue weighted by Crippen LogP contribution is -2.22. The first-order valence-electron chi connectivity index (χ1n) is 9.08. The summed E-state index contributed by atoms with van der Waals surface area (Å²) in [6.45, 7) is 0.210. The SMILES string of the molecule is O=c1c2ccccc2nc(/C=C\c2ccc3c(c2)OCO3)n1-c1ccccc1O. The van der Waals surface area contributed by atoms with Gasteiger partial charge < -0.3 is 14.6 Å². The molecule has 5 rings (SSSR count). The van der Waals surface area contributed by atoms with Crippen LogP contribution >= 0.6 is 0 Å². The van der Waals surface area contributed by atoms with E-state index in [4.69, 9.17) is 9.47 Å². The van der Waals surface area contributed by atoms with Gasteiger partial charge in [0.05, 0.1) is 16.6 Å². The second-order valence-electron chi connectivity index (χ2n) is 6.56. The van der Waals surface area contributed by atoms with Crippen molar-refractivity contribution in [2.75, 3.05) is 6.79 Å². The lowest BCUT2D eigenvalue weighted by atomic mass is 10.1. The van der Waals surface area contributed by atoms with E-state index in [0.29, 0.717) is 33.9 Å². The molecule has 0 saturated heterocycles. The highest BCUT2D eigenvalue weighted by molar-refractivity contribution is 5.80. The van der Waals surface area contributed by atoms with Crippen molar-refractivity contribution in [2.45, 2.75) is 0 Å². The molecule has 0 atom stereocenters. The van der Waals surface area contributed by atoms with Crippen molar-refractivity contribution in [3.63, 3.8) is 0 Å². The molecule has 6 nitrogen and oxygen atoms in total. The van der Waals surface area contributed by atoms with Gasteiger partial charge in [-0.3, -0.25) is 9.36 Å². The number of benzene rings is 3. The van der Waals surface area contributed by atoms with Crippen LogP contribution in [0.1, 0.15) is 11.4 Å². The Balaban J connectivity index is 1.69. The van der Waals surface area contributed by atoms with Crippen molar-refractivity contribution in [2.24, 2.45) is 0 Å². The molecule has 2 heterocycles. The van der Waals surface area contributed by atoms with E-state index in [-0.39, 0.29) is 18.1 Å². The molecule has 4 aromatic rings. The number of aromatic hydroxyl groups is 1. The molecule has 0 saturated carbocycles. The Hall–Kier alpha value is -4.06. The molecule has 3 aromatic carbocycles. The fourth-order valence-corrected chi connectivity index (χ4v) is 3.34. The standard InChI is InChI=1S/C23H16N2O4/c26-19-8-4-3-7-18(19)25-22(24-17-6-2-1-5-16(17)23(25)27)12-10-15-9-11-20-21(13-15)29-14-28-20/h1-13,26H,14H2/b12-10-. The highest BCUT2D eigenvalue weighted by Crippen LogP contribution is 2.33. The van der Waals surface area contributed by atoms with Crippen molar-refractivity contribution in [1.82, 2.24) is 9.55 Å². The Morgan fingerprint density at radius 1 is 0.931 bits per heavy atom. The van der Waals surface area contributed by atoms with Crippen molar-refractivity contribution in [1.29, 1.82) is 0 Å². The zero-order chi connectivity index (χ0) is 19.8. The van der Waals surface area contributed by atoms with Gasteiger partial charge in [0.2, 0.25) is 6.79 Å². The topological polar surface area (TPSA) is 73.6 Å². The van der Waals surface area contributed by atoms with Crippen molar-refractivity contribution >= 4 is 23.1 Å². The number of rotatable bonds is 3. The highest BCUT2D eigenvalue weighted by Gasteiger charge is 2.15. The van der Waals surface area contributed by atoms with Gasteiger partial charge in [-0.1, -0.05) is 36.4 Å². The molecule has 0 aliphatic carbocycles. The van der Waals surface area contributed by atoms with Crippen LogP contribution < -0.4 is 15.0 Å². The van der Waals surface area contributed by atoms with E-state index in [2.05, 4.69) is 4.98 Å². The second-order valence-corrected chi connectivity index (χ2v) is 6.56. The smallest absolute Gasteiger partial charge is 0.266 e. The van der Waals surface area contributed by atoms with Gasteiger partial charge in [-0.05, 0) is 48.0 Å². The lowest BCUT2D eigenvalue weighted by molar-refractivity contribution is 0.174. The maximum absolute atomic E-state index is 13.2. The monoisotopic (exact) mass is 384 g/mol. The van der Waals surface area contributed by atoms with Gasteiger partial charge in [-0.15, -0.1) is 0 Å². The number of fused-ring (bicyclic) bond motifs is 2. The average molecular weight is 384 g/mol. The predicted molar refractivity (Wildman–Crippen MR) is 110 cm³/mol. The Labute approximate surface area is 165 Å². The lowest BCUT2D eigenvalue weighted by Gasteiger charge is -2.12. The quantitative estimate of drug-likeness (QED) is 0.578. The van der Waals surface area contributed by atoms with Crippen LogP contribution in [0.15, 0.2) is 71.5 Å². The number of para-hydroxylation sites is 3. The van der Waals surface area contributed by atoms with Crippen LogP contribution in [-0.4, -0.2) is 21.5 Å². The number of ether oxygens (including phenoxy) is 2. The summed E-state index contributed by atoms with van der Waals surface area (Å²) in [5.41, 5.74) is 1.60. The summed E-state index contributed by atoms with van der Waals surface area (Å²) in [5, 5.41) is 10.8. The van der Waals surface area contributed by atoms with Gasteiger partial charge in [0.15, 0.2) is 11.5 Å². The Bertz CT molecular complexity index is 1320. The van der Waals surface area contributed by atoms with E-state index in [1.165, 1.54) is 4.57 Å². The molecule has 1 aliphatic rings. The van der Waals surface area contributed by atoms with E-state index in [1.807, 2.05) is 30.3 Å². The van der Waals surface area contributed by atoms with E-state index in [1.54, 1.807) is 48.5 Å². The van der Waals surface area contributed by atoms with Gasteiger partial charge in [0.1, 0.15) is 11.6 Å². The second kappa shape index (κ2) is 6.83. The van der Waals surface area contributed by atoms with Crippen LogP contribution in [0.3, 0.4) is 0 Å².